The maximum absolute atomic E-state index is 12.3. The van der Waals surface area contributed by atoms with Crippen molar-refractivity contribution in [3.63, 3.8) is 0 Å². The van der Waals surface area contributed by atoms with E-state index >= 15 is 0 Å². The summed E-state index contributed by atoms with van der Waals surface area (Å²) in [7, 11) is 0. The summed E-state index contributed by atoms with van der Waals surface area (Å²) in [4.78, 5) is 24.3. The smallest absolute Gasteiger partial charge is 0.251 e. The van der Waals surface area contributed by atoms with E-state index in [0.29, 0.717) is 17.2 Å². The average Bonchev–Trinajstić information content (AvgIpc) is 3.26. The third-order valence-corrected chi connectivity index (χ3v) is 4.47. The lowest BCUT2D eigenvalue weighted by Crippen LogP contribution is -2.45. The van der Waals surface area contributed by atoms with Gasteiger partial charge in [0.1, 0.15) is 0 Å². The molecule has 1 aliphatic carbocycles. The van der Waals surface area contributed by atoms with Crippen LogP contribution >= 0.6 is 12.4 Å². The number of anilines is 1. The first kappa shape index (κ1) is 17.8. The van der Waals surface area contributed by atoms with Gasteiger partial charge in [-0.25, -0.2) is 0 Å². The van der Waals surface area contributed by atoms with E-state index in [1.807, 2.05) is 6.07 Å². The van der Waals surface area contributed by atoms with Crippen molar-refractivity contribution >= 4 is 29.9 Å². The maximum atomic E-state index is 12.3. The molecule has 5 nitrogen and oxygen atoms in total. The molecule has 2 fully saturated rings. The van der Waals surface area contributed by atoms with E-state index in [4.69, 9.17) is 0 Å². The summed E-state index contributed by atoms with van der Waals surface area (Å²) in [5.74, 6) is 0.585. The van der Waals surface area contributed by atoms with Crippen LogP contribution in [0.15, 0.2) is 24.3 Å². The molecule has 0 radical (unpaired) electrons. The van der Waals surface area contributed by atoms with E-state index in [1.54, 1.807) is 18.2 Å². The molecule has 2 unspecified atom stereocenters. The first-order valence-corrected chi connectivity index (χ1v) is 8.06. The van der Waals surface area contributed by atoms with Gasteiger partial charge in [0, 0.05) is 29.8 Å². The molecular weight excluding hydrogens is 314 g/mol. The number of carbonyl (C=O) groups is 2. The highest BCUT2D eigenvalue weighted by Gasteiger charge is 2.39. The summed E-state index contributed by atoms with van der Waals surface area (Å²) in [6.07, 6.45) is 3.05. The molecule has 0 aromatic heterocycles. The van der Waals surface area contributed by atoms with E-state index in [9.17, 15) is 9.59 Å². The van der Waals surface area contributed by atoms with Crippen LogP contribution in [0.4, 0.5) is 5.69 Å². The predicted octanol–water partition coefficient (Wildman–Crippen LogP) is 2.18. The third-order valence-electron chi connectivity index (χ3n) is 4.47. The number of hydrogen-bond acceptors (Lipinski definition) is 3. The van der Waals surface area contributed by atoms with Crippen molar-refractivity contribution < 1.29 is 9.59 Å². The SMILES string of the molecule is CC1CC1C(=O)Nc1cccc(C(=O)N[C@H]2CCCNC2)c1.Cl. The number of amides is 2. The Morgan fingerprint density at radius 2 is 2.09 bits per heavy atom. The van der Waals surface area contributed by atoms with Crippen molar-refractivity contribution in [2.24, 2.45) is 11.8 Å². The number of benzene rings is 1. The Kier molecular flexibility index (Phi) is 6.02. The molecule has 1 heterocycles. The minimum atomic E-state index is -0.0791. The lowest BCUT2D eigenvalue weighted by Gasteiger charge is -2.23. The normalized spacial score (nSPS) is 25.9. The van der Waals surface area contributed by atoms with Crippen LogP contribution in [0.2, 0.25) is 0 Å². The molecule has 2 amide bonds. The van der Waals surface area contributed by atoms with E-state index in [-0.39, 0.29) is 36.2 Å². The van der Waals surface area contributed by atoms with Gasteiger partial charge in [-0.3, -0.25) is 9.59 Å². The van der Waals surface area contributed by atoms with Gasteiger partial charge in [0.25, 0.3) is 5.91 Å². The van der Waals surface area contributed by atoms with Crippen LogP contribution in [0.25, 0.3) is 0 Å². The van der Waals surface area contributed by atoms with Crippen LogP contribution in [0.1, 0.15) is 36.5 Å². The second-order valence-corrected chi connectivity index (χ2v) is 6.41. The fourth-order valence-corrected chi connectivity index (χ4v) is 2.90. The molecule has 3 rings (SSSR count). The molecule has 3 N–H and O–H groups in total. The lowest BCUT2D eigenvalue weighted by molar-refractivity contribution is -0.117. The second-order valence-electron chi connectivity index (χ2n) is 6.41. The molecule has 1 aromatic carbocycles. The van der Waals surface area contributed by atoms with Gasteiger partial charge >= 0.3 is 0 Å². The van der Waals surface area contributed by atoms with Crippen molar-refractivity contribution in [1.29, 1.82) is 0 Å². The Bertz CT molecular complexity index is 573. The van der Waals surface area contributed by atoms with Crippen molar-refractivity contribution in [2.45, 2.75) is 32.2 Å². The molecule has 1 aliphatic heterocycles. The molecule has 1 aromatic rings. The summed E-state index contributed by atoms with van der Waals surface area (Å²) in [6.45, 7) is 3.92. The number of nitrogens with one attached hydrogen (secondary N) is 3. The molecule has 3 atom stereocenters. The molecule has 6 heteroatoms. The van der Waals surface area contributed by atoms with Gasteiger partial charge in [-0.1, -0.05) is 13.0 Å². The quantitative estimate of drug-likeness (QED) is 0.788. The summed E-state index contributed by atoms with van der Waals surface area (Å²) in [5.41, 5.74) is 1.28. The summed E-state index contributed by atoms with van der Waals surface area (Å²) >= 11 is 0. The van der Waals surface area contributed by atoms with Crippen LogP contribution in [-0.4, -0.2) is 30.9 Å². The van der Waals surface area contributed by atoms with E-state index in [1.165, 1.54) is 0 Å². The average molecular weight is 338 g/mol. The molecule has 126 valence electrons. The predicted molar refractivity (Wildman–Crippen MR) is 92.9 cm³/mol. The van der Waals surface area contributed by atoms with Crippen LogP contribution in [-0.2, 0) is 4.79 Å². The van der Waals surface area contributed by atoms with E-state index in [2.05, 4.69) is 22.9 Å². The van der Waals surface area contributed by atoms with E-state index < -0.39 is 0 Å². The lowest BCUT2D eigenvalue weighted by atomic mass is 10.1. The van der Waals surface area contributed by atoms with Crippen molar-refractivity contribution in [1.82, 2.24) is 10.6 Å². The zero-order valence-corrected chi connectivity index (χ0v) is 14.1. The highest BCUT2D eigenvalue weighted by atomic mass is 35.5. The Morgan fingerprint density at radius 3 is 2.74 bits per heavy atom. The minimum absolute atomic E-state index is 0. The first-order valence-electron chi connectivity index (χ1n) is 8.06. The molecule has 2 aliphatic rings. The second kappa shape index (κ2) is 7.79. The van der Waals surface area contributed by atoms with Crippen molar-refractivity contribution in [3.05, 3.63) is 29.8 Å². The summed E-state index contributed by atoms with van der Waals surface area (Å²) in [6, 6.07) is 7.34. The zero-order chi connectivity index (χ0) is 15.5. The number of carbonyl (C=O) groups excluding carboxylic acids is 2. The van der Waals surface area contributed by atoms with Gasteiger partial charge in [0.2, 0.25) is 5.91 Å². The molecule has 0 spiro atoms. The number of piperidine rings is 1. The van der Waals surface area contributed by atoms with Gasteiger partial charge in [-0.15, -0.1) is 12.4 Å². The molecule has 1 saturated carbocycles. The molecular formula is C17H24ClN3O2. The van der Waals surface area contributed by atoms with Crippen LogP contribution in [0.3, 0.4) is 0 Å². The maximum Gasteiger partial charge on any atom is 0.251 e. The fraction of sp³-hybridized carbons (Fsp3) is 0.529. The molecule has 0 bridgehead atoms. The van der Waals surface area contributed by atoms with Gasteiger partial charge < -0.3 is 16.0 Å². The monoisotopic (exact) mass is 337 g/mol. The summed E-state index contributed by atoms with van der Waals surface area (Å²) < 4.78 is 0. The van der Waals surface area contributed by atoms with Gasteiger partial charge in [-0.2, -0.15) is 0 Å². The Morgan fingerprint density at radius 1 is 1.30 bits per heavy atom. The number of halogens is 1. The molecule has 1 saturated heterocycles. The Hall–Kier alpha value is -1.59. The number of rotatable bonds is 4. The number of hydrogen-bond donors (Lipinski definition) is 3. The highest BCUT2D eigenvalue weighted by molar-refractivity contribution is 5.98. The fourth-order valence-electron chi connectivity index (χ4n) is 2.90. The van der Waals surface area contributed by atoms with Gasteiger partial charge in [0.05, 0.1) is 0 Å². The molecule has 23 heavy (non-hydrogen) atoms. The van der Waals surface area contributed by atoms with Crippen LogP contribution < -0.4 is 16.0 Å². The van der Waals surface area contributed by atoms with Crippen molar-refractivity contribution in [3.8, 4) is 0 Å². The topological polar surface area (TPSA) is 70.2 Å². The minimum Gasteiger partial charge on any atom is -0.348 e. The highest BCUT2D eigenvalue weighted by Crippen LogP contribution is 2.38. The van der Waals surface area contributed by atoms with Crippen LogP contribution in [0.5, 0.6) is 0 Å². The third kappa shape index (κ3) is 4.69. The Labute approximate surface area is 143 Å². The first-order chi connectivity index (χ1) is 10.6. The van der Waals surface area contributed by atoms with Gasteiger partial charge in [-0.05, 0) is 49.9 Å². The van der Waals surface area contributed by atoms with Gasteiger partial charge in [0.15, 0.2) is 0 Å². The Balaban J connectivity index is 0.00000192. The zero-order valence-electron chi connectivity index (χ0n) is 13.3. The van der Waals surface area contributed by atoms with Crippen LogP contribution in [0, 0.1) is 11.8 Å². The van der Waals surface area contributed by atoms with E-state index in [0.717, 1.165) is 32.4 Å². The summed E-state index contributed by atoms with van der Waals surface area (Å²) in [5, 5.41) is 9.23. The standard InChI is InChI=1S/C17H23N3O2.ClH/c1-11-8-15(11)17(22)19-13-5-2-4-12(9-13)16(21)20-14-6-3-7-18-10-14;/h2,4-5,9,11,14-15,18H,3,6-8,10H2,1H3,(H,19,22)(H,20,21);1H/t11?,14-,15?;/m0./s1. The van der Waals surface area contributed by atoms with Crippen molar-refractivity contribution in [2.75, 3.05) is 18.4 Å². The largest absolute Gasteiger partial charge is 0.348 e.